The number of rotatable bonds is 6. The van der Waals surface area contributed by atoms with Crippen molar-refractivity contribution in [2.45, 2.75) is 32.0 Å². The van der Waals surface area contributed by atoms with Gasteiger partial charge in [-0.2, -0.15) is 0 Å². The third-order valence-corrected chi connectivity index (χ3v) is 3.07. The first-order chi connectivity index (χ1) is 10.1. The van der Waals surface area contributed by atoms with Crippen molar-refractivity contribution in [3.8, 4) is 0 Å². The summed E-state index contributed by atoms with van der Waals surface area (Å²) in [5.74, 6) is 0.281. The zero-order chi connectivity index (χ0) is 15.4. The van der Waals surface area contributed by atoms with Crippen molar-refractivity contribution in [2.24, 2.45) is 0 Å². The maximum atomic E-state index is 12.2. The van der Waals surface area contributed by atoms with Gasteiger partial charge in [-0.05, 0) is 25.1 Å². The van der Waals surface area contributed by atoms with E-state index in [1.807, 2.05) is 0 Å². The average molecular weight is 298 g/mol. The molecule has 7 heteroatoms. The number of aliphatic hydroxyl groups excluding tert-OH is 3. The number of furan rings is 1. The Hall–Kier alpha value is -1.51. The van der Waals surface area contributed by atoms with E-state index in [2.05, 4.69) is 0 Å². The van der Waals surface area contributed by atoms with Crippen molar-refractivity contribution in [1.29, 1.82) is 0 Å². The van der Waals surface area contributed by atoms with Crippen LogP contribution in [0.1, 0.15) is 18.4 Å². The summed E-state index contributed by atoms with van der Waals surface area (Å²) in [5, 5.41) is 27.8. The molecule has 116 valence electrons. The van der Waals surface area contributed by atoms with Crippen LogP contribution in [-0.2, 0) is 20.9 Å². The van der Waals surface area contributed by atoms with Gasteiger partial charge in [0.2, 0.25) is 12.1 Å². The van der Waals surface area contributed by atoms with Gasteiger partial charge < -0.3 is 29.2 Å². The Morgan fingerprint density at radius 1 is 1.43 bits per heavy atom. The second-order valence-electron chi connectivity index (χ2n) is 4.52. The van der Waals surface area contributed by atoms with Gasteiger partial charge >= 0.3 is 0 Å². The van der Waals surface area contributed by atoms with Crippen LogP contribution >= 0.6 is 0 Å². The van der Waals surface area contributed by atoms with E-state index in [9.17, 15) is 9.90 Å². The molecule has 7 nitrogen and oxygen atoms in total. The lowest BCUT2D eigenvalue weighted by molar-refractivity contribution is -0.166. The topological polar surface area (TPSA) is 109 Å². The standard InChI is InChI=1S/C14H18O7/c1-2-19-14-12(18)10(13(21-14)11(17)7-16)5-8-3-4-9(6-15)20-8/h3-5,11,13-17H,2,6-7H2,1H3/b10-5-/t11-,13?,14-/m1/s1. The molecule has 3 atom stereocenters. The van der Waals surface area contributed by atoms with E-state index in [4.69, 9.17) is 24.1 Å². The average Bonchev–Trinajstić information content (AvgIpc) is 3.06. The lowest BCUT2D eigenvalue weighted by Gasteiger charge is -2.16. The third kappa shape index (κ3) is 3.39. The number of hydrogen-bond acceptors (Lipinski definition) is 7. The number of Topliss-reactive ketones (excluding diaryl/α,β-unsaturated/α-hetero) is 1. The lowest BCUT2D eigenvalue weighted by atomic mass is 10.0. The van der Waals surface area contributed by atoms with Crippen LogP contribution in [0.5, 0.6) is 0 Å². The van der Waals surface area contributed by atoms with E-state index in [0.717, 1.165) is 0 Å². The predicted octanol–water partition coefficient (Wildman–Crippen LogP) is -0.161. The number of carbonyl (C=O) groups is 1. The molecule has 1 aliphatic rings. The van der Waals surface area contributed by atoms with E-state index in [-0.39, 0.29) is 18.8 Å². The lowest BCUT2D eigenvalue weighted by Crippen LogP contribution is -2.31. The van der Waals surface area contributed by atoms with Crippen LogP contribution in [-0.4, -0.2) is 52.8 Å². The van der Waals surface area contributed by atoms with Crippen LogP contribution in [0.25, 0.3) is 6.08 Å². The molecule has 1 fully saturated rings. The molecular weight excluding hydrogens is 280 g/mol. The molecule has 2 heterocycles. The van der Waals surface area contributed by atoms with Crippen LogP contribution in [0, 0.1) is 0 Å². The Kier molecular flexibility index (Phi) is 5.27. The Bertz CT molecular complexity index is 519. The van der Waals surface area contributed by atoms with E-state index < -0.39 is 30.9 Å². The van der Waals surface area contributed by atoms with Gasteiger partial charge in [-0.1, -0.05) is 0 Å². The molecule has 1 aliphatic heterocycles. The van der Waals surface area contributed by atoms with Crippen LogP contribution in [0.15, 0.2) is 22.1 Å². The highest BCUT2D eigenvalue weighted by atomic mass is 16.7. The summed E-state index contributed by atoms with van der Waals surface area (Å²) in [5.41, 5.74) is 0.161. The molecule has 0 amide bonds. The molecule has 1 aromatic rings. The maximum absolute atomic E-state index is 12.2. The third-order valence-electron chi connectivity index (χ3n) is 3.07. The Balaban J connectivity index is 2.29. The molecule has 0 aliphatic carbocycles. The molecule has 0 spiro atoms. The summed E-state index contributed by atoms with van der Waals surface area (Å²) < 4.78 is 15.8. The monoisotopic (exact) mass is 298 g/mol. The SMILES string of the molecule is CCO[C@@H]1OC([C@H](O)CO)/C(=C\c2ccc(CO)o2)C1=O. The molecule has 0 radical (unpaired) electrons. The molecule has 1 aromatic heterocycles. The first kappa shape index (κ1) is 15.9. The van der Waals surface area contributed by atoms with Crippen LogP contribution in [0.4, 0.5) is 0 Å². The molecule has 1 saturated heterocycles. The Morgan fingerprint density at radius 2 is 2.19 bits per heavy atom. The van der Waals surface area contributed by atoms with E-state index in [0.29, 0.717) is 11.5 Å². The summed E-state index contributed by atoms with van der Waals surface area (Å²) in [6.45, 7) is 1.20. The minimum atomic E-state index is -1.24. The number of ketones is 1. The highest BCUT2D eigenvalue weighted by molar-refractivity contribution is 6.04. The fourth-order valence-electron chi connectivity index (χ4n) is 2.07. The maximum Gasteiger partial charge on any atom is 0.223 e. The smallest absolute Gasteiger partial charge is 0.223 e. The predicted molar refractivity (Wildman–Crippen MR) is 71.0 cm³/mol. The molecule has 21 heavy (non-hydrogen) atoms. The second-order valence-corrected chi connectivity index (χ2v) is 4.52. The zero-order valence-corrected chi connectivity index (χ0v) is 11.6. The van der Waals surface area contributed by atoms with Gasteiger partial charge in [0.1, 0.15) is 30.3 Å². The van der Waals surface area contributed by atoms with Gasteiger partial charge in [0.25, 0.3) is 0 Å². The Labute approximate surface area is 121 Å². The fraction of sp³-hybridized carbons (Fsp3) is 0.500. The second kappa shape index (κ2) is 6.97. The number of ether oxygens (including phenoxy) is 2. The summed E-state index contributed by atoms with van der Waals surface area (Å²) in [7, 11) is 0. The highest BCUT2D eigenvalue weighted by Gasteiger charge is 2.42. The quantitative estimate of drug-likeness (QED) is 0.626. The molecule has 1 unspecified atom stereocenters. The minimum absolute atomic E-state index is 0.161. The number of hydrogen-bond donors (Lipinski definition) is 3. The summed E-state index contributed by atoms with van der Waals surface area (Å²) in [6.07, 6.45) is -1.90. The van der Waals surface area contributed by atoms with E-state index in [1.54, 1.807) is 19.1 Å². The van der Waals surface area contributed by atoms with Crippen molar-refractivity contribution in [3.05, 3.63) is 29.2 Å². The highest BCUT2D eigenvalue weighted by Crippen LogP contribution is 2.28. The molecule has 0 saturated carbocycles. The van der Waals surface area contributed by atoms with Crippen LogP contribution in [0.3, 0.4) is 0 Å². The summed E-state index contributed by atoms with van der Waals surface area (Å²) in [4.78, 5) is 12.2. The van der Waals surface area contributed by atoms with Crippen molar-refractivity contribution in [3.63, 3.8) is 0 Å². The molecule has 0 bridgehead atoms. The van der Waals surface area contributed by atoms with Gasteiger partial charge in [0, 0.05) is 12.2 Å². The normalized spacial score (nSPS) is 25.7. The molecular formula is C14H18O7. The zero-order valence-electron chi connectivity index (χ0n) is 11.6. The van der Waals surface area contributed by atoms with Gasteiger partial charge in [0.15, 0.2) is 0 Å². The van der Waals surface area contributed by atoms with E-state index in [1.165, 1.54) is 6.08 Å². The number of carbonyl (C=O) groups excluding carboxylic acids is 1. The number of aliphatic hydroxyl groups is 3. The summed E-state index contributed by atoms with van der Waals surface area (Å²) in [6, 6.07) is 3.16. The van der Waals surface area contributed by atoms with Gasteiger partial charge in [-0.25, -0.2) is 0 Å². The molecule has 2 rings (SSSR count). The van der Waals surface area contributed by atoms with Crippen LogP contribution in [0.2, 0.25) is 0 Å². The van der Waals surface area contributed by atoms with Gasteiger partial charge in [-0.15, -0.1) is 0 Å². The van der Waals surface area contributed by atoms with Crippen molar-refractivity contribution in [1.82, 2.24) is 0 Å². The van der Waals surface area contributed by atoms with Gasteiger partial charge in [-0.3, -0.25) is 4.79 Å². The van der Waals surface area contributed by atoms with E-state index >= 15 is 0 Å². The summed E-state index contributed by atoms with van der Waals surface area (Å²) >= 11 is 0. The van der Waals surface area contributed by atoms with Crippen LogP contribution < -0.4 is 0 Å². The van der Waals surface area contributed by atoms with Gasteiger partial charge in [0.05, 0.1) is 6.61 Å². The Morgan fingerprint density at radius 3 is 2.76 bits per heavy atom. The van der Waals surface area contributed by atoms with Crippen molar-refractivity contribution in [2.75, 3.05) is 13.2 Å². The molecule has 3 N–H and O–H groups in total. The first-order valence-electron chi connectivity index (χ1n) is 6.62. The first-order valence-corrected chi connectivity index (χ1v) is 6.62. The largest absolute Gasteiger partial charge is 0.459 e. The van der Waals surface area contributed by atoms with Crippen molar-refractivity contribution >= 4 is 11.9 Å². The van der Waals surface area contributed by atoms with Crippen molar-refractivity contribution < 1.29 is 34.0 Å². The fourth-order valence-corrected chi connectivity index (χ4v) is 2.07. The molecule has 0 aromatic carbocycles. The minimum Gasteiger partial charge on any atom is -0.459 e.